The lowest BCUT2D eigenvalue weighted by Gasteiger charge is -2.28. The molecule has 2 aromatic heterocycles. The fourth-order valence-electron chi connectivity index (χ4n) is 3.28. The van der Waals surface area contributed by atoms with E-state index in [2.05, 4.69) is 20.1 Å². The van der Waals surface area contributed by atoms with Gasteiger partial charge in [0.15, 0.2) is 11.7 Å². The topological polar surface area (TPSA) is 77.4 Å². The Morgan fingerprint density at radius 2 is 2.42 bits per heavy atom. The van der Waals surface area contributed by atoms with E-state index in [0.717, 1.165) is 42.7 Å². The quantitative estimate of drug-likeness (QED) is 0.728. The van der Waals surface area contributed by atoms with Crippen LogP contribution in [0.4, 0.5) is 0 Å². The molecule has 24 heavy (non-hydrogen) atoms. The molecule has 2 N–H and O–H groups in total. The summed E-state index contributed by atoms with van der Waals surface area (Å²) in [4.78, 5) is 13.5. The summed E-state index contributed by atoms with van der Waals surface area (Å²) in [7, 11) is 2.02. The Morgan fingerprint density at radius 3 is 3.12 bits per heavy atom. The van der Waals surface area contributed by atoms with E-state index in [9.17, 15) is 4.79 Å². The third-order valence-electron chi connectivity index (χ3n) is 4.48. The van der Waals surface area contributed by atoms with Crippen LogP contribution in [0.15, 0.2) is 28.0 Å². The standard InChI is InChI=1S/C16H23N5O2S/c1-20-15(18-19-16(20)24-2)12-5-3-7-21(10-12)11-14(22)17-9-13-6-4-8-23-13/h4,6,8,12H,3,5,7,9-11H2,1-2H3,(H,17,22)/p+1/t12-/m1/s1. The normalized spacial score (nSPS) is 20.9. The second kappa shape index (κ2) is 7.85. The van der Waals surface area contributed by atoms with Crippen molar-refractivity contribution in [3.05, 3.63) is 30.0 Å². The molecule has 130 valence electrons. The Balaban J connectivity index is 1.53. The first kappa shape index (κ1) is 17.0. The van der Waals surface area contributed by atoms with E-state index >= 15 is 0 Å². The third kappa shape index (κ3) is 3.99. The van der Waals surface area contributed by atoms with E-state index in [1.54, 1.807) is 18.0 Å². The van der Waals surface area contributed by atoms with Gasteiger partial charge < -0.3 is 19.2 Å². The molecule has 1 fully saturated rings. The number of amides is 1. The van der Waals surface area contributed by atoms with Crippen molar-refractivity contribution in [1.29, 1.82) is 0 Å². The maximum Gasteiger partial charge on any atom is 0.275 e. The highest BCUT2D eigenvalue weighted by Crippen LogP contribution is 2.22. The zero-order valence-corrected chi connectivity index (χ0v) is 14.9. The van der Waals surface area contributed by atoms with E-state index in [1.165, 1.54) is 4.90 Å². The minimum atomic E-state index is 0.0600. The second-order valence-corrected chi connectivity index (χ2v) is 6.95. The minimum Gasteiger partial charge on any atom is -0.467 e. The maximum absolute atomic E-state index is 12.2. The first-order valence-corrected chi connectivity index (χ1v) is 9.45. The fraction of sp³-hybridized carbons (Fsp3) is 0.562. The number of quaternary nitrogens is 1. The van der Waals surface area contributed by atoms with E-state index in [0.29, 0.717) is 19.0 Å². The van der Waals surface area contributed by atoms with Gasteiger partial charge in [-0.25, -0.2) is 0 Å². The third-order valence-corrected chi connectivity index (χ3v) is 5.21. The van der Waals surface area contributed by atoms with Crippen LogP contribution in [0.2, 0.25) is 0 Å². The molecular formula is C16H24N5O2S+. The average Bonchev–Trinajstić information content (AvgIpc) is 3.22. The average molecular weight is 350 g/mol. The number of piperidine rings is 1. The zero-order valence-electron chi connectivity index (χ0n) is 14.1. The Hall–Kier alpha value is -1.80. The van der Waals surface area contributed by atoms with Crippen LogP contribution in [0.25, 0.3) is 0 Å². The van der Waals surface area contributed by atoms with Crippen LogP contribution in [0, 0.1) is 0 Å². The van der Waals surface area contributed by atoms with Crippen molar-refractivity contribution in [3.8, 4) is 0 Å². The lowest BCUT2D eigenvalue weighted by Crippen LogP contribution is -3.14. The van der Waals surface area contributed by atoms with Crippen LogP contribution in [0.1, 0.15) is 30.3 Å². The summed E-state index contributed by atoms with van der Waals surface area (Å²) in [5.41, 5.74) is 0. The van der Waals surface area contributed by atoms with Crippen LogP contribution in [0.3, 0.4) is 0 Å². The molecule has 1 saturated heterocycles. The monoisotopic (exact) mass is 350 g/mol. The Kier molecular flexibility index (Phi) is 5.57. The molecule has 0 bridgehead atoms. The van der Waals surface area contributed by atoms with Gasteiger partial charge in [0.05, 0.1) is 31.8 Å². The predicted molar refractivity (Wildman–Crippen MR) is 90.9 cm³/mol. The van der Waals surface area contributed by atoms with Crippen LogP contribution < -0.4 is 10.2 Å². The lowest BCUT2D eigenvalue weighted by molar-refractivity contribution is -0.898. The summed E-state index contributed by atoms with van der Waals surface area (Å²) in [5.74, 6) is 2.24. The van der Waals surface area contributed by atoms with Gasteiger partial charge in [-0.3, -0.25) is 4.79 Å². The van der Waals surface area contributed by atoms with E-state index in [-0.39, 0.29) is 5.91 Å². The van der Waals surface area contributed by atoms with Gasteiger partial charge in [-0.05, 0) is 31.2 Å². The molecule has 3 heterocycles. The van der Waals surface area contributed by atoms with Crippen molar-refractivity contribution < 1.29 is 14.1 Å². The molecule has 0 aliphatic carbocycles. The number of aromatic nitrogens is 3. The summed E-state index contributed by atoms with van der Waals surface area (Å²) in [6.45, 7) is 2.89. The van der Waals surface area contributed by atoms with E-state index in [4.69, 9.17) is 4.42 Å². The van der Waals surface area contributed by atoms with Crippen molar-refractivity contribution in [3.63, 3.8) is 0 Å². The number of thioether (sulfide) groups is 1. The molecule has 0 saturated carbocycles. The number of furan rings is 1. The number of carbonyl (C=O) groups excluding carboxylic acids is 1. The van der Waals surface area contributed by atoms with Crippen LogP contribution in [0.5, 0.6) is 0 Å². The first-order valence-electron chi connectivity index (χ1n) is 8.23. The second-order valence-electron chi connectivity index (χ2n) is 6.18. The van der Waals surface area contributed by atoms with Gasteiger partial charge in [0.2, 0.25) is 0 Å². The highest BCUT2D eigenvalue weighted by Gasteiger charge is 2.29. The fourth-order valence-corrected chi connectivity index (χ4v) is 3.77. The molecule has 2 aromatic rings. The molecular weight excluding hydrogens is 326 g/mol. The highest BCUT2D eigenvalue weighted by atomic mass is 32.2. The van der Waals surface area contributed by atoms with Gasteiger partial charge in [-0.2, -0.15) is 0 Å². The number of nitrogens with one attached hydrogen (secondary N) is 2. The van der Waals surface area contributed by atoms with Gasteiger partial charge in [0.25, 0.3) is 5.91 Å². The van der Waals surface area contributed by atoms with Crippen LogP contribution >= 0.6 is 11.8 Å². The van der Waals surface area contributed by atoms with Crippen molar-refractivity contribution in [2.75, 3.05) is 25.9 Å². The molecule has 2 atom stereocenters. The Bertz CT molecular complexity index is 670. The van der Waals surface area contributed by atoms with Crippen molar-refractivity contribution in [2.45, 2.75) is 30.5 Å². The van der Waals surface area contributed by atoms with Gasteiger partial charge in [0.1, 0.15) is 11.6 Å². The first-order chi connectivity index (χ1) is 11.7. The molecule has 8 heteroatoms. The van der Waals surface area contributed by atoms with Crippen molar-refractivity contribution in [1.82, 2.24) is 20.1 Å². The molecule has 0 radical (unpaired) electrons. The molecule has 7 nitrogen and oxygen atoms in total. The molecule has 1 aliphatic rings. The number of nitrogens with zero attached hydrogens (tertiary/aromatic N) is 3. The minimum absolute atomic E-state index is 0.0600. The molecule has 1 unspecified atom stereocenters. The number of likely N-dealkylation sites (tertiary alicyclic amines) is 1. The summed E-state index contributed by atoms with van der Waals surface area (Å²) in [6, 6.07) is 3.69. The van der Waals surface area contributed by atoms with Gasteiger partial charge in [0, 0.05) is 7.05 Å². The summed E-state index contributed by atoms with van der Waals surface area (Å²) >= 11 is 1.61. The zero-order chi connectivity index (χ0) is 16.9. The number of hydrogen-bond acceptors (Lipinski definition) is 5. The van der Waals surface area contributed by atoms with E-state index < -0.39 is 0 Å². The Labute approximate surface area is 145 Å². The van der Waals surface area contributed by atoms with Gasteiger partial charge in [-0.15, -0.1) is 10.2 Å². The predicted octanol–water partition coefficient (Wildman–Crippen LogP) is 0.209. The lowest BCUT2D eigenvalue weighted by atomic mass is 9.97. The van der Waals surface area contributed by atoms with Crippen molar-refractivity contribution in [2.24, 2.45) is 7.05 Å². The number of rotatable bonds is 6. The maximum atomic E-state index is 12.2. The summed E-state index contributed by atoms with van der Waals surface area (Å²) < 4.78 is 7.31. The Morgan fingerprint density at radius 1 is 1.54 bits per heavy atom. The highest BCUT2D eigenvalue weighted by molar-refractivity contribution is 7.98. The smallest absolute Gasteiger partial charge is 0.275 e. The number of carbonyl (C=O) groups is 1. The molecule has 0 aromatic carbocycles. The van der Waals surface area contributed by atoms with Gasteiger partial charge >= 0.3 is 0 Å². The van der Waals surface area contributed by atoms with E-state index in [1.807, 2.05) is 25.4 Å². The number of hydrogen-bond donors (Lipinski definition) is 2. The molecule has 1 aliphatic heterocycles. The summed E-state index contributed by atoms with van der Waals surface area (Å²) in [5, 5.41) is 12.4. The molecule has 3 rings (SSSR count). The summed E-state index contributed by atoms with van der Waals surface area (Å²) in [6.07, 6.45) is 5.84. The van der Waals surface area contributed by atoms with Crippen LogP contribution in [-0.4, -0.2) is 46.6 Å². The largest absolute Gasteiger partial charge is 0.467 e. The molecule has 1 amide bonds. The van der Waals surface area contributed by atoms with Crippen molar-refractivity contribution >= 4 is 17.7 Å². The SMILES string of the molecule is CSc1nnc([C@@H]2CCC[NH+](CC(=O)NCc3ccco3)C2)n1C. The van der Waals surface area contributed by atoms with Crippen LogP contribution in [-0.2, 0) is 18.4 Å². The van der Waals surface area contributed by atoms with Gasteiger partial charge in [-0.1, -0.05) is 11.8 Å². The molecule has 0 spiro atoms.